The third-order valence-electron chi connectivity index (χ3n) is 5.60. The highest BCUT2D eigenvalue weighted by atomic mass is 16.5. The molecule has 2 aromatic rings. The molecule has 2 N–H and O–H groups in total. The van der Waals surface area contributed by atoms with E-state index in [1.807, 2.05) is 28.9 Å². The molecule has 0 aliphatic carbocycles. The van der Waals surface area contributed by atoms with Gasteiger partial charge in [-0.05, 0) is 20.0 Å². The molecular formula is C24H27N7O5. The van der Waals surface area contributed by atoms with Gasteiger partial charge in [0, 0.05) is 44.9 Å². The van der Waals surface area contributed by atoms with Gasteiger partial charge in [-0.25, -0.2) is 19.6 Å². The van der Waals surface area contributed by atoms with Crippen LogP contribution in [0.4, 0.5) is 16.4 Å². The van der Waals surface area contributed by atoms with Gasteiger partial charge < -0.3 is 14.7 Å². The molecule has 36 heavy (non-hydrogen) atoms. The number of likely N-dealkylation sites (N-methyl/N-ethyl adjacent to an activating group) is 1. The van der Waals surface area contributed by atoms with Crippen molar-refractivity contribution in [1.82, 2.24) is 19.8 Å². The second-order valence-corrected chi connectivity index (χ2v) is 8.32. The third kappa shape index (κ3) is 6.22. The first-order chi connectivity index (χ1) is 17.3. The fourth-order valence-corrected chi connectivity index (χ4v) is 3.49. The van der Waals surface area contributed by atoms with Crippen molar-refractivity contribution in [3.8, 4) is 11.8 Å². The highest BCUT2D eigenvalue weighted by Crippen LogP contribution is 2.23. The summed E-state index contributed by atoms with van der Waals surface area (Å²) in [5, 5.41) is 21.0. The first kappa shape index (κ1) is 26.3. The molecule has 0 bridgehead atoms. The van der Waals surface area contributed by atoms with E-state index in [0.717, 1.165) is 6.54 Å². The zero-order chi connectivity index (χ0) is 26.2. The van der Waals surface area contributed by atoms with Crippen LogP contribution in [0.3, 0.4) is 0 Å². The molecule has 188 valence electrons. The fourth-order valence-electron chi connectivity index (χ4n) is 3.49. The lowest BCUT2D eigenvalue weighted by molar-refractivity contribution is 0.111. The zero-order valence-electron chi connectivity index (χ0n) is 20.3. The number of ether oxygens (including phenoxy) is 1. The van der Waals surface area contributed by atoms with Gasteiger partial charge in [-0.1, -0.05) is 6.07 Å². The molecule has 0 radical (unpaired) electrons. The van der Waals surface area contributed by atoms with Crippen LogP contribution < -0.4 is 15.0 Å². The molecule has 2 aromatic heterocycles. The van der Waals surface area contributed by atoms with Crippen molar-refractivity contribution in [1.29, 1.82) is 5.26 Å². The Labute approximate surface area is 208 Å². The van der Waals surface area contributed by atoms with Gasteiger partial charge in [0.2, 0.25) is 0 Å². The summed E-state index contributed by atoms with van der Waals surface area (Å²) in [6.45, 7) is 3.56. The summed E-state index contributed by atoms with van der Waals surface area (Å²) in [5.41, 5.74) is 1.44. The number of nitriles is 1. The van der Waals surface area contributed by atoms with Gasteiger partial charge in [0.15, 0.2) is 6.29 Å². The number of urea groups is 1. The molecule has 1 unspecified atom stereocenters. The van der Waals surface area contributed by atoms with Crippen LogP contribution in [-0.2, 0) is 11.3 Å². The summed E-state index contributed by atoms with van der Waals surface area (Å²) >= 11 is 0. The van der Waals surface area contributed by atoms with Crippen molar-refractivity contribution in [2.45, 2.75) is 19.6 Å². The first-order valence-corrected chi connectivity index (χ1v) is 11.1. The van der Waals surface area contributed by atoms with Crippen LogP contribution in [0.25, 0.3) is 0 Å². The van der Waals surface area contributed by atoms with E-state index in [1.54, 1.807) is 19.1 Å². The maximum Gasteiger partial charge on any atom is 0.328 e. The largest absolute Gasteiger partial charge is 0.487 e. The molecule has 3 heterocycles. The maximum absolute atomic E-state index is 12.8. The van der Waals surface area contributed by atoms with Gasteiger partial charge in [0.05, 0.1) is 12.8 Å². The number of amides is 2. The number of hydrogen-bond donors (Lipinski definition) is 2. The number of anilines is 2. The second-order valence-electron chi connectivity index (χ2n) is 8.32. The number of hydrogen-bond acceptors (Lipinski definition) is 10. The van der Waals surface area contributed by atoms with Crippen LogP contribution in [0.5, 0.6) is 5.75 Å². The molecule has 1 fully saturated rings. The van der Waals surface area contributed by atoms with Crippen molar-refractivity contribution in [3.05, 3.63) is 46.9 Å². The number of piperazine rings is 1. The third-order valence-corrected chi connectivity index (χ3v) is 5.60. The van der Waals surface area contributed by atoms with Crippen LogP contribution in [0, 0.1) is 11.3 Å². The number of rotatable bonds is 8. The van der Waals surface area contributed by atoms with Crippen LogP contribution >= 0.6 is 0 Å². The molecule has 1 aliphatic heterocycles. The molecule has 0 saturated carbocycles. The Hall–Kier alpha value is -4.30. The Balaban J connectivity index is 1.75. The minimum Gasteiger partial charge on any atom is -0.487 e. The molecule has 1 saturated heterocycles. The van der Waals surface area contributed by atoms with Gasteiger partial charge in [-0.2, -0.15) is 5.26 Å². The average Bonchev–Trinajstić information content (AvgIpc) is 2.89. The SMILES string of the molecule is CC(CO)Oc1cc(NC(=O)N(C)c2ccc(CN3CCN(C)CC3=C=O)c(C=O)n2)ncc1C#N. The number of nitrogens with zero attached hydrogens (tertiary/aromatic N) is 6. The summed E-state index contributed by atoms with van der Waals surface area (Å²) in [5.74, 6) is 2.49. The van der Waals surface area contributed by atoms with Crippen LogP contribution in [-0.4, -0.2) is 89.6 Å². The van der Waals surface area contributed by atoms with Crippen molar-refractivity contribution in [2.75, 3.05) is 50.6 Å². The average molecular weight is 494 g/mol. The Kier molecular flexibility index (Phi) is 8.70. The van der Waals surface area contributed by atoms with Gasteiger partial charge >= 0.3 is 6.03 Å². The quantitative estimate of drug-likeness (QED) is 0.403. The molecule has 0 aromatic carbocycles. The number of carbonyl (C=O) groups excluding carboxylic acids is 3. The second kappa shape index (κ2) is 11.9. The minimum atomic E-state index is -0.587. The van der Waals surface area contributed by atoms with Crippen LogP contribution in [0.15, 0.2) is 30.1 Å². The minimum absolute atomic E-state index is 0.126. The van der Waals surface area contributed by atoms with Crippen molar-refractivity contribution in [3.63, 3.8) is 0 Å². The number of aromatic nitrogens is 2. The monoisotopic (exact) mass is 493 g/mol. The van der Waals surface area contributed by atoms with E-state index < -0.39 is 12.1 Å². The predicted molar refractivity (Wildman–Crippen MR) is 130 cm³/mol. The molecule has 3 rings (SSSR count). The Morgan fingerprint density at radius 2 is 2.19 bits per heavy atom. The highest BCUT2D eigenvalue weighted by Gasteiger charge is 2.22. The first-order valence-electron chi connectivity index (χ1n) is 11.1. The van der Waals surface area contributed by atoms with Crippen molar-refractivity contribution in [2.24, 2.45) is 0 Å². The number of nitrogens with one attached hydrogen (secondary N) is 1. The predicted octanol–water partition coefficient (Wildman–Crippen LogP) is 1.05. The lowest BCUT2D eigenvalue weighted by atomic mass is 10.1. The van der Waals surface area contributed by atoms with Crippen LogP contribution in [0.2, 0.25) is 0 Å². The topological polar surface area (TPSA) is 152 Å². The summed E-state index contributed by atoms with van der Waals surface area (Å²) in [6, 6.07) is 6.04. The Bertz CT molecular complexity index is 1220. The van der Waals surface area contributed by atoms with Gasteiger partial charge in [-0.3, -0.25) is 19.9 Å². The lowest BCUT2D eigenvalue weighted by Crippen LogP contribution is -2.42. The standard InChI is InChI=1S/C24H27N7O5/c1-16(13-32)36-21-8-22(26-10-18(21)9-25)28-24(35)30(3)23-5-4-17(20(15-34)27-23)11-31-7-6-29(2)12-19(31)14-33/h4-5,8,10,15-16,32H,6-7,11-13H2,1-3H3,(H,26,28,35). The molecule has 12 nitrogen and oxygen atoms in total. The van der Waals surface area contributed by atoms with Gasteiger partial charge in [-0.15, -0.1) is 0 Å². The van der Waals surface area contributed by atoms with Crippen molar-refractivity contribution >= 4 is 29.9 Å². The number of aliphatic hydroxyl groups is 1. The Morgan fingerprint density at radius 1 is 1.42 bits per heavy atom. The Morgan fingerprint density at radius 3 is 2.86 bits per heavy atom. The summed E-state index contributed by atoms with van der Waals surface area (Å²) < 4.78 is 5.52. The summed E-state index contributed by atoms with van der Waals surface area (Å²) in [4.78, 5) is 49.4. The normalized spacial score (nSPS) is 14.4. The highest BCUT2D eigenvalue weighted by molar-refractivity contribution is 6.00. The summed E-state index contributed by atoms with van der Waals surface area (Å²) in [7, 11) is 3.40. The van der Waals surface area contributed by atoms with E-state index in [9.17, 15) is 24.8 Å². The zero-order valence-corrected chi connectivity index (χ0v) is 20.3. The van der Waals surface area contributed by atoms with E-state index >= 15 is 0 Å². The number of carbonyl (C=O) groups is 2. The number of pyridine rings is 2. The van der Waals surface area contributed by atoms with E-state index in [0.29, 0.717) is 37.2 Å². The molecule has 1 atom stereocenters. The van der Waals surface area contributed by atoms with Gasteiger partial charge in [0.1, 0.15) is 52.5 Å². The molecule has 12 heteroatoms. The van der Waals surface area contributed by atoms with E-state index in [2.05, 4.69) is 15.3 Å². The maximum atomic E-state index is 12.8. The number of aliphatic hydroxyl groups excluding tert-OH is 1. The smallest absolute Gasteiger partial charge is 0.328 e. The lowest BCUT2D eigenvalue weighted by Gasteiger charge is -2.34. The van der Waals surface area contributed by atoms with Crippen molar-refractivity contribution < 1.29 is 24.2 Å². The van der Waals surface area contributed by atoms with Gasteiger partial charge in [0.25, 0.3) is 0 Å². The number of aldehydes is 1. The summed E-state index contributed by atoms with van der Waals surface area (Å²) in [6.07, 6.45) is 1.31. The van der Waals surface area contributed by atoms with Crippen LogP contribution in [0.1, 0.15) is 28.5 Å². The van der Waals surface area contributed by atoms with E-state index in [4.69, 9.17) is 4.74 Å². The molecule has 1 aliphatic rings. The fraction of sp³-hybridized carbons (Fsp3) is 0.375. The molecule has 0 spiro atoms. The molecule has 2 amide bonds. The van der Waals surface area contributed by atoms with E-state index in [-0.39, 0.29) is 35.2 Å². The molecular weight excluding hydrogens is 466 g/mol. The van der Waals surface area contributed by atoms with E-state index in [1.165, 1.54) is 24.2 Å².